The Bertz CT molecular complexity index is 429. The van der Waals surface area contributed by atoms with Crippen LogP contribution in [0.4, 0.5) is 0 Å². The van der Waals surface area contributed by atoms with E-state index in [1.807, 2.05) is 0 Å². The van der Waals surface area contributed by atoms with Crippen LogP contribution < -0.4 is 0 Å². The molecule has 20 heavy (non-hydrogen) atoms. The van der Waals surface area contributed by atoms with E-state index in [9.17, 15) is 0 Å². The zero-order valence-electron chi connectivity index (χ0n) is 12.5. The van der Waals surface area contributed by atoms with Crippen molar-refractivity contribution >= 4 is 0 Å². The number of hydrogen-bond acceptors (Lipinski definition) is 5. The highest BCUT2D eigenvalue weighted by molar-refractivity contribution is 4.99. The lowest BCUT2D eigenvalue weighted by Gasteiger charge is -2.21. The van der Waals surface area contributed by atoms with E-state index in [-0.39, 0.29) is 0 Å². The van der Waals surface area contributed by atoms with E-state index in [1.54, 1.807) is 0 Å². The quantitative estimate of drug-likeness (QED) is 0.718. The molecule has 0 amide bonds. The van der Waals surface area contributed by atoms with Crippen molar-refractivity contribution in [1.29, 1.82) is 0 Å². The molecule has 1 aliphatic heterocycles. The van der Waals surface area contributed by atoms with Crippen LogP contribution in [0.15, 0.2) is 4.52 Å². The van der Waals surface area contributed by atoms with Crippen molar-refractivity contribution in [3.8, 4) is 0 Å². The lowest BCUT2D eigenvalue weighted by atomic mass is 10.2. The van der Waals surface area contributed by atoms with Crippen molar-refractivity contribution < 1.29 is 9.26 Å². The maximum atomic E-state index is 5.74. The number of rotatable bonds is 7. The van der Waals surface area contributed by atoms with E-state index >= 15 is 0 Å². The molecule has 2 heterocycles. The second-order valence-corrected chi connectivity index (χ2v) is 6.36. The maximum absolute atomic E-state index is 5.74. The minimum absolute atomic E-state index is 0.299. The van der Waals surface area contributed by atoms with Gasteiger partial charge in [-0.15, -0.1) is 0 Å². The second-order valence-electron chi connectivity index (χ2n) is 6.36. The molecule has 3 rings (SSSR count). The third-order valence-corrected chi connectivity index (χ3v) is 4.19. The van der Waals surface area contributed by atoms with Crippen molar-refractivity contribution in [2.24, 2.45) is 5.92 Å². The van der Waals surface area contributed by atoms with Crippen molar-refractivity contribution in [1.82, 2.24) is 15.0 Å². The van der Waals surface area contributed by atoms with Crippen LogP contribution in [0.3, 0.4) is 0 Å². The van der Waals surface area contributed by atoms with Gasteiger partial charge in [0.25, 0.3) is 0 Å². The third-order valence-electron chi connectivity index (χ3n) is 4.19. The van der Waals surface area contributed by atoms with E-state index < -0.39 is 0 Å². The molecule has 112 valence electrons. The minimum atomic E-state index is 0.299. The van der Waals surface area contributed by atoms with Gasteiger partial charge in [-0.2, -0.15) is 4.98 Å². The smallest absolute Gasteiger partial charge is 0.229 e. The summed E-state index contributed by atoms with van der Waals surface area (Å²) in [6.07, 6.45) is 5.04. The normalized spacial score (nSPS) is 23.9. The largest absolute Gasteiger partial charge is 0.380 e. The Kier molecular flexibility index (Phi) is 4.36. The van der Waals surface area contributed by atoms with Gasteiger partial charge in [-0.1, -0.05) is 19.0 Å². The van der Waals surface area contributed by atoms with Gasteiger partial charge in [-0.05, 0) is 38.1 Å². The summed E-state index contributed by atoms with van der Waals surface area (Å²) in [5.41, 5.74) is 0. The molecule has 0 N–H and O–H groups in total. The van der Waals surface area contributed by atoms with Crippen molar-refractivity contribution in [3.63, 3.8) is 0 Å². The first-order valence-electron chi connectivity index (χ1n) is 7.89. The van der Waals surface area contributed by atoms with Gasteiger partial charge < -0.3 is 9.26 Å². The minimum Gasteiger partial charge on any atom is -0.380 e. The molecule has 2 aliphatic rings. The third kappa shape index (κ3) is 3.38. The Morgan fingerprint density at radius 2 is 2.20 bits per heavy atom. The van der Waals surface area contributed by atoms with Gasteiger partial charge in [-0.25, -0.2) is 0 Å². The van der Waals surface area contributed by atoms with Crippen LogP contribution in [0, 0.1) is 5.92 Å². The van der Waals surface area contributed by atoms with Crippen LogP contribution in [0.2, 0.25) is 0 Å². The van der Waals surface area contributed by atoms with Gasteiger partial charge >= 0.3 is 0 Å². The maximum Gasteiger partial charge on any atom is 0.229 e. The summed E-state index contributed by atoms with van der Waals surface area (Å²) < 4.78 is 11.1. The van der Waals surface area contributed by atoms with Gasteiger partial charge in [0.05, 0.1) is 12.6 Å². The standard InChI is InChI=1S/C15H25N3O2/c1-11(2)15-16-14(17-20-15)13-4-3-7-18(13)8-9-19-10-12-5-6-12/h11-13H,3-10H2,1-2H3/t13-/m1/s1. The summed E-state index contributed by atoms with van der Waals surface area (Å²) in [5.74, 6) is 2.74. The molecular formula is C15H25N3O2. The van der Waals surface area contributed by atoms with E-state index in [4.69, 9.17) is 9.26 Å². The Hall–Kier alpha value is -0.940. The van der Waals surface area contributed by atoms with Crippen molar-refractivity contribution in [2.45, 2.75) is 51.5 Å². The van der Waals surface area contributed by atoms with Crippen LogP contribution in [0.5, 0.6) is 0 Å². The predicted molar refractivity (Wildman–Crippen MR) is 75.5 cm³/mol. The SMILES string of the molecule is CC(C)c1nc([C@H]2CCCN2CCOCC2CC2)no1. The Morgan fingerprint density at radius 1 is 1.35 bits per heavy atom. The van der Waals surface area contributed by atoms with Crippen LogP contribution in [-0.2, 0) is 4.74 Å². The highest BCUT2D eigenvalue weighted by Crippen LogP contribution is 2.31. The molecule has 0 aromatic carbocycles. The van der Waals surface area contributed by atoms with Gasteiger partial charge in [-0.3, -0.25) is 4.90 Å². The Balaban J connectivity index is 1.50. The number of ether oxygens (including phenoxy) is 1. The number of nitrogens with zero attached hydrogens (tertiary/aromatic N) is 3. The summed E-state index contributed by atoms with van der Waals surface area (Å²) in [5, 5.41) is 4.17. The molecule has 1 saturated heterocycles. The first kappa shape index (κ1) is 14.0. The zero-order chi connectivity index (χ0) is 13.9. The Labute approximate surface area is 120 Å². The fourth-order valence-electron chi connectivity index (χ4n) is 2.72. The molecule has 0 unspecified atom stereocenters. The van der Waals surface area contributed by atoms with E-state index in [2.05, 4.69) is 28.9 Å². The topological polar surface area (TPSA) is 51.4 Å². The lowest BCUT2D eigenvalue weighted by molar-refractivity contribution is 0.0908. The van der Waals surface area contributed by atoms with E-state index in [0.29, 0.717) is 12.0 Å². The number of hydrogen-bond donors (Lipinski definition) is 0. The molecule has 1 aromatic rings. The van der Waals surface area contributed by atoms with Crippen LogP contribution in [0.1, 0.15) is 63.2 Å². The monoisotopic (exact) mass is 279 g/mol. The molecule has 0 spiro atoms. The Morgan fingerprint density at radius 3 is 2.90 bits per heavy atom. The molecule has 2 fully saturated rings. The molecule has 1 aliphatic carbocycles. The van der Waals surface area contributed by atoms with Crippen LogP contribution >= 0.6 is 0 Å². The van der Waals surface area contributed by atoms with Gasteiger partial charge in [0.2, 0.25) is 5.89 Å². The summed E-state index contributed by atoms with van der Waals surface area (Å²) in [6.45, 7) is 8.01. The molecule has 5 nitrogen and oxygen atoms in total. The molecule has 0 bridgehead atoms. The second kappa shape index (κ2) is 6.22. The van der Waals surface area contributed by atoms with Crippen molar-refractivity contribution in [2.75, 3.05) is 26.3 Å². The van der Waals surface area contributed by atoms with Gasteiger partial charge in [0, 0.05) is 19.1 Å². The summed E-state index contributed by atoms with van der Waals surface area (Å²) in [7, 11) is 0. The van der Waals surface area contributed by atoms with Crippen LogP contribution in [-0.4, -0.2) is 41.3 Å². The zero-order valence-corrected chi connectivity index (χ0v) is 12.5. The van der Waals surface area contributed by atoms with E-state index in [0.717, 1.165) is 50.4 Å². The average Bonchev–Trinajstić information content (AvgIpc) is 2.93. The first-order valence-corrected chi connectivity index (χ1v) is 7.89. The molecule has 1 atom stereocenters. The van der Waals surface area contributed by atoms with E-state index in [1.165, 1.54) is 19.3 Å². The first-order chi connectivity index (χ1) is 9.74. The van der Waals surface area contributed by atoms with Crippen LogP contribution in [0.25, 0.3) is 0 Å². The molecule has 5 heteroatoms. The summed E-state index contributed by atoms with van der Waals surface area (Å²) in [4.78, 5) is 6.98. The molecule has 1 aromatic heterocycles. The summed E-state index contributed by atoms with van der Waals surface area (Å²) >= 11 is 0. The highest BCUT2D eigenvalue weighted by atomic mass is 16.5. The molecule has 1 saturated carbocycles. The number of likely N-dealkylation sites (tertiary alicyclic amines) is 1. The fourth-order valence-corrected chi connectivity index (χ4v) is 2.72. The fraction of sp³-hybridized carbons (Fsp3) is 0.867. The predicted octanol–water partition coefficient (Wildman–Crippen LogP) is 2.76. The molecule has 0 radical (unpaired) electrons. The number of aromatic nitrogens is 2. The van der Waals surface area contributed by atoms with Gasteiger partial charge in [0.15, 0.2) is 5.82 Å². The summed E-state index contributed by atoms with van der Waals surface area (Å²) in [6, 6.07) is 0.316. The molecular weight excluding hydrogens is 254 g/mol. The average molecular weight is 279 g/mol. The van der Waals surface area contributed by atoms with Crippen molar-refractivity contribution in [3.05, 3.63) is 11.7 Å². The highest BCUT2D eigenvalue weighted by Gasteiger charge is 2.30. The lowest BCUT2D eigenvalue weighted by Crippen LogP contribution is -2.28. The van der Waals surface area contributed by atoms with Gasteiger partial charge in [0.1, 0.15) is 0 Å².